The number of halogens is 1. The van der Waals surface area contributed by atoms with E-state index in [1.165, 1.54) is 14.2 Å². The van der Waals surface area contributed by atoms with Crippen LogP contribution in [0.3, 0.4) is 0 Å². The number of ether oxygens (including phenoxy) is 4. The largest absolute Gasteiger partial charge is 0.493 e. The summed E-state index contributed by atoms with van der Waals surface area (Å²) < 4.78 is 22.1. The third-order valence-electron chi connectivity index (χ3n) is 3.17. The van der Waals surface area contributed by atoms with E-state index in [-0.39, 0.29) is 6.42 Å². The van der Waals surface area contributed by atoms with E-state index in [0.29, 0.717) is 28.6 Å². The molecule has 0 bridgehead atoms. The van der Waals surface area contributed by atoms with Gasteiger partial charge in [-0.1, -0.05) is 22.0 Å². The molecule has 0 aliphatic heterocycles. The molecular weight excluding hydrogens is 364 g/mol. The van der Waals surface area contributed by atoms with Gasteiger partial charge in [0.05, 0.1) is 27.8 Å². The number of methoxy groups -OCH3 is 3. The summed E-state index contributed by atoms with van der Waals surface area (Å²) in [5.74, 6) is 1.54. The molecule has 0 N–H and O–H groups in total. The van der Waals surface area contributed by atoms with Crippen molar-refractivity contribution in [2.75, 3.05) is 21.3 Å². The molecule has 0 aliphatic rings. The van der Waals surface area contributed by atoms with E-state index in [4.69, 9.17) is 18.9 Å². The Balaban J connectivity index is 2.18. The smallest absolute Gasteiger partial charge is 0.315 e. The zero-order valence-electron chi connectivity index (χ0n) is 13.1. The van der Waals surface area contributed by atoms with Crippen LogP contribution in [0.2, 0.25) is 0 Å². The van der Waals surface area contributed by atoms with Crippen molar-refractivity contribution in [1.29, 1.82) is 0 Å². The molecular formula is C17H17BrO5. The van der Waals surface area contributed by atoms with Gasteiger partial charge in [0, 0.05) is 10.0 Å². The van der Waals surface area contributed by atoms with Gasteiger partial charge < -0.3 is 18.9 Å². The SMILES string of the molecule is COc1ccc(CC(=O)Oc2ccc(Br)cc2)c(OC)c1OC. The van der Waals surface area contributed by atoms with E-state index in [0.717, 1.165) is 4.47 Å². The number of hydrogen-bond donors (Lipinski definition) is 0. The van der Waals surface area contributed by atoms with Crippen molar-refractivity contribution in [3.63, 3.8) is 0 Å². The lowest BCUT2D eigenvalue weighted by atomic mass is 10.1. The molecule has 0 spiro atoms. The van der Waals surface area contributed by atoms with Gasteiger partial charge in [-0.2, -0.15) is 0 Å². The van der Waals surface area contributed by atoms with Crippen molar-refractivity contribution in [2.24, 2.45) is 0 Å². The van der Waals surface area contributed by atoms with Gasteiger partial charge in [-0.05, 0) is 30.3 Å². The molecule has 2 aromatic carbocycles. The summed E-state index contributed by atoms with van der Waals surface area (Å²) in [7, 11) is 4.57. The van der Waals surface area contributed by atoms with E-state index >= 15 is 0 Å². The minimum absolute atomic E-state index is 0.0552. The highest BCUT2D eigenvalue weighted by molar-refractivity contribution is 9.10. The summed E-state index contributed by atoms with van der Waals surface area (Å²) in [5, 5.41) is 0. The third kappa shape index (κ3) is 4.16. The monoisotopic (exact) mass is 380 g/mol. The topological polar surface area (TPSA) is 54.0 Å². The van der Waals surface area contributed by atoms with Crippen LogP contribution in [-0.2, 0) is 11.2 Å². The number of esters is 1. The highest BCUT2D eigenvalue weighted by Crippen LogP contribution is 2.40. The minimum Gasteiger partial charge on any atom is -0.493 e. The quantitative estimate of drug-likeness (QED) is 0.565. The van der Waals surface area contributed by atoms with Crippen LogP contribution in [0.1, 0.15) is 5.56 Å². The molecule has 0 amide bonds. The molecule has 0 heterocycles. The van der Waals surface area contributed by atoms with E-state index in [9.17, 15) is 4.79 Å². The van der Waals surface area contributed by atoms with Crippen molar-refractivity contribution in [1.82, 2.24) is 0 Å². The average Bonchev–Trinajstić information content (AvgIpc) is 2.56. The number of carbonyl (C=O) groups excluding carboxylic acids is 1. The molecule has 0 unspecified atom stereocenters. The second-order valence-electron chi connectivity index (χ2n) is 4.60. The summed E-state index contributed by atoms with van der Waals surface area (Å²) in [6.07, 6.45) is 0.0552. The first-order valence-corrected chi connectivity index (χ1v) is 7.62. The number of hydrogen-bond acceptors (Lipinski definition) is 5. The van der Waals surface area contributed by atoms with Gasteiger partial charge in [0.1, 0.15) is 5.75 Å². The summed E-state index contributed by atoms with van der Waals surface area (Å²) >= 11 is 3.33. The Kier molecular flexibility index (Phi) is 5.87. The second kappa shape index (κ2) is 7.87. The van der Waals surface area contributed by atoms with Crippen LogP contribution >= 0.6 is 15.9 Å². The van der Waals surface area contributed by atoms with E-state index in [1.807, 2.05) is 0 Å². The van der Waals surface area contributed by atoms with E-state index in [2.05, 4.69) is 15.9 Å². The Bertz CT molecular complexity index is 682. The van der Waals surface area contributed by atoms with Gasteiger partial charge in [0.25, 0.3) is 0 Å². The van der Waals surface area contributed by atoms with Gasteiger partial charge in [-0.3, -0.25) is 4.79 Å². The summed E-state index contributed by atoms with van der Waals surface area (Å²) in [5.41, 5.74) is 0.660. The normalized spacial score (nSPS) is 10.1. The van der Waals surface area contributed by atoms with Crippen LogP contribution in [0, 0.1) is 0 Å². The Morgan fingerprint density at radius 3 is 2.13 bits per heavy atom. The molecule has 2 rings (SSSR count). The lowest BCUT2D eigenvalue weighted by Gasteiger charge is -2.15. The van der Waals surface area contributed by atoms with Gasteiger partial charge in [-0.25, -0.2) is 0 Å². The Hall–Kier alpha value is -2.21. The van der Waals surface area contributed by atoms with Crippen molar-refractivity contribution in [3.8, 4) is 23.0 Å². The van der Waals surface area contributed by atoms with E-state index in [1.54, 1.807) is 43.5 Å². The highest BCUT2D eigenvalue weighted by atomic mass is 79.9. The molecule has 0 saturated carbocycles. The highest BCUT2D eigenvalue weighted by Gasteiger charge is 2.18. The molecule has 0 aromatic heterocycles. The van der Waals surface area contributed by atoms with Crippen LogP contribution in [0.5, 0.6) is 23.0 Å². The molecule has 6 heteroatoms. The lowest BCUT2D eigenvalue weighted by Crippen LogP contribution is -2.12. The number of benzene rings is 2. The van der Waals surface area contributed by atoms with Gasteiger partial charge >= 0.3 is 5.97 Å². The van der Waals surface area contributed by atoms with Crippen LogP contribution in [0.25, 0.3) is 0 Å². The fourth-order valence-electron chi connectivity index (χ4n) is 2.13. The lowest BCUT2D eigenvalue weighted by molar-refractivity contribution is -0.133. The zero-order chi connectivity index (χ0) is 16.8. The third-order valence-corrected chi connectivity index (χ3v) is 3.69. The average molecular weight is 381 g/mol. The molecule has 0 aliphatic carbocycles. The molecule has 23 heavy (non-hydrogen) atoms. The van der Waals surface area contributed by atoms with Crippen LogP contribution in [0.4, 0.5) is 0 Å². The molecule has 5 nitrogen and oxygen atoms in total. The van der Waals surface area contributed by atoms with Crippen molar-refractivity contribution in [2.45, 2.75) is 6.42 Å². The molecule has 0 atom stereocenters. The van der Waals surface area contributed by atoms with Crippen LogP contribution < -0.4 is 18.9 Å². The molecule has 0 radical (unpaired) electrons. The molecule has 2 aromatic rings. The van der Waals surface area contributed by atoms with Crippen molar-refractivity contribution in [3.05, 3.63) is 46.4 Å². The summed E-state index contributed by atoms with van der Waals surface area (Å²) in [6.45, 7) is 0. The fourth-order valence-corrected chi connectivity index (χ4v) is 2.39. The van der Waals surface area contributed by atoms with Gasteiger partial charge in [0.2, 0.25) is 5.75 Å². The fraction of sp³-hybridized carbons (Fsp3) is 0.235. The van der Waals surface area contributed by atoms with Crippen LogP contribution in [0.15, 0.2) is 40.9 Å². The van der Waals surface area contributed by atoms with Gasteiger partial charge in [0.15, 0.2) is 11.5 Å². The minimum atomic E-state index is -0.391. The number of rotatable bonds is 6. The first-order chi connectivity index (χ1) is 11.1. The Morgan fingerprint density at radius 2 is 1.57 bits per heavy atom. The standard InChI is InChI=1S/C17H17BrO5/c1-20-14-9-4-11(16(21-2)17(14)22-3)10-15(19)23-13-7-5-12(18)6-8-13/h4-9H,10H2,1-3H3. The maximum absolute atomic E-state index is 12.1. The predicted octanol–water partition coefficient (Wildman–Crippen LogP) is 3.62. The summed E-state index contributed by atoms with van der Waals surface area (Å²) in [6, 6.07) is 10.5. The molecule has 0 fully saturated rings. The second-order valence-corrected chi connectivity index (χ2v) is 5.51. The Labute approximate surface area is 143 Å². The van der Waals surface area contributed by atoms with Gasteiger partial charge in [-0.15, -0.1) is 0 Å². The van der Waals surface area contributed by atoms with Crippen molar-refractivity contribution >= 4 is 21.9 Å². The van der Waals surface area contributed by atoms with Crippen LogP contribution in [-0.4, -0.2) is 27.3 Å². The maximum atomic E-state index is 12.1. The Morgan fingerprint density at radius 1 is 0.913 bits per heavy atom. The first kappa shape index (κ1) is 17.1. The van der Waals surface area contributed by atoms with E-state index < -0.39 is 5.97 Å². The predicted molar refractivity (Wildman–Crippen MR) is 89.6 cm³/mol. The van der Waals surface area contributed by atoms with Crippen molar-refractivity contribution < 1.29 is 23.7 Å². The maximum Gasteiger partial charge on any atom is 0.315 e. The summed E-state index contributed by atoms with van der Waals surface area (Å²) in [4.78, 5) is 12.1. The first-order valence-electron chi connectivity index (χ1n) is 6.83. The molecule has 122 valence electrons. The zero-order valence-corrected chi connectivity index (χ0v) is 14.7. The molecule has 0 saturated heterocycles. The number of carbonyl (C=O) groups is 1.